The van der Waals surface area contributed by atoms with Crippen LogP contribution in [0, 0.1) is 5.92 Å². The summed E-state index contributed by atoms with van der Waals surface area (Å²) in [5.41, 5.74) is 0.247. The molecule has 1 aliphatic rings. The first-order valence-electron chi connectivity index (χ1n) is 4.72. The molecule has 1 saturated heterocycles. The lowest BCUT2D eigenvalue weighted by Gasteiger charge is -2.36. The van der Waals surface area contributed by atoms with Crippen LogP contribution >= 0.6 is 11.6 Å². The first-order valence-corrected chi connectivity index (χ1v) is 5.10. The summed E-state index contributed by atoms with van der Waals surface area (Å²) in [7, 11) is 0. The van der Waals surface area contributed by atoms with Crippen LogP contribution in [0.1, 0.15) is 10.5 Å². The highest BCUT2D eigenvalue weighted by Gasteiger charge is 2.36. The number of likely N-dealkylation sites (tertiary alicyclic amines) is 1. The van der Waals surface area contributed by atoms with E-state index in [2.05, 4.69) is 4.98 Å². The van der Waals surface area contributed by atoms with Crippen molar-refractivity contribution in [3.8, 4) is 0 Å². The standard InChI is InChI=1S/C10H9ClN2O3/c11-8-3-1-2-7(12-8)9(14)13-4-6(5-13)10(15)16/h1-3,6H,4-5H2,(H,15,16). The predicted molar refractivity (Wildman–Crippen MR) is 56.3 cm³/mol. The van der Waals surface area contributed by atoms with Gasteiger partial charge in [-0.2, -0.15) is 0 Å². The SMILES string of the molecule is O=C(O)C1CN(C(=O)c2cccc(Cl)n2)C1. The van der Waals surface area contributed by atoms with Gasteiger partial charge in [0, 0.05) is 13.1 Å². The normalized spacial score (nSPS) is 15.7. The molecule has 1 aromatic heterocycles. The Labute approximate surface area is 96.7 Å². The van der Waals surface area contributed by atoms with Gasteiger partial charge in [-0.15, -0.1) is 0 Å². The number of aromatic nitrogens is 1. The molecule has 2 heterocycles. The van der Waals surface area contributed by atoms with Gasteiger partial charge in [0.2, 0.25) is 0 Å². The van der Waals surface area contributed by atoms with E-state index >= 15 is 0 Å². The second-order valence-electron chi connectivity index (χ2n) is 3.59. The number of rotatable bonds is 2. The molecule has 1 fully saturated rings. The fourth-order valence-electron chi connectivity index (χ4n) is 1.49. The van der Waals surface area contributed by atoms with Gasteiger partial charge in [0.05, 0.1) is 5.92 Å². The molecule has 6 heteroatoms. The number of carbonyl (C=O) groups excluding carboxylic acids is 1. The number of carboxylic acids is 1. The molecule has 16 heavy (non-hydrogen) atoms. The second-order valence-corrected chi connectivity index (χ2v) is 3.98. The summed E-state index contributed by atoms with van der Waals surface area (Å²) in [5.74, 6) is -1.61. The van der Waals surface area contributed by atoms with E-state index in [0.717, 1.165) is 0 Å². The minimum absolute atomic E-state index is 0.238. The summed E-state index contributed by atoms with van der Waals surface area (Å²) < 4.78 is 0. The Morgan fingerprint density at radius 3 is 2.69 bits per heavy atom. The molecule has 1 aromatic rings. The number of nitrogens with zero attached hydrogens (tertiary/aromatic N) is 2. The summed E-state index contributed by atoms with van der Waals surface area (Å²) >= 11 is 5.66. The molecule has 84 valence electrons. The van der Waals surface area contributed by atoms with Gasteiger partial charge < -0.3 is 10.0 Å². The van der Waals surface area contributed by atoms with Gasteiger partial charge in [-0.3, -0.25) is 9.59 Å². The molecule has 0 aliphatic carbocycles. The molecule has 1 N–H and O–H groups in total. The molecule has 0 bridgehead atoms. The van der Waals surface area contributed by atoms with Crippen LogP contribution in [0.5, 0.6) is 0 Å². The van der Waals surface area contributed by atoms with Crippen LogP contribution in [0.15, 0.2) is 18.2 Å². The van der Waals surface area contributed by atoms with Crippen molar-refractivity contribution >= 4 is 23.5 Å². The van der Waals surface area contributed by atoms with Crippen molar-refractivity contribution in [1.82, 2.24) is 9.88 Å². The van der Waals surface area contributed by atoms with Crippen LogP contribution in [-0.2, 0) is 4.79 Å². The van der Waals surface area contributed by atoms with Gasteiger partial charge in [-0.1, -0.05) is 17.7 Å². The molecular weight excluding hydrogens is 232 g/mol. The van der Waals surface area contributed by atoms with E-state index in [1.807, 2.05) is 0 Å². The molecule has 0 saturated carbocycles. The fourth-order valence-corrected chi connectivity index (χ4v) is 1.65. The maximum Gasteiger partial charge on any atom is 0.310 e. The topological polar surface area (TPSA) is 70.5 Å². The van der Waals surface area contributed by atoms with E-state index < -0.39 is 11.9 Å². The highest BCUT2D eigenvalue weighted by molar-refractivity contribution is 6.29. The zero-order valence-electron chi connectivity index (χ0n) is 8.26. The van der Waals surface area contributed by atoms with Crippen LogP contribution < -0.4 is 0 Å². The average molecular weight is 241 g/mol. The van der Waals surface area contributed by atoms with Crippen molar-refractivity contribution in [3.63, 3.8) is 0 Å². The van der Waals surface area contributed by atoms with E-state index in [9.17, 15) is 9.59 Å². The van der Waals surface area contributed by atoms with Crippen LogP contribution in [0.2, 0.25) is 5.15 Å². The van der Waals surface area contributed by atoms with Gasteiger partial charge in [0.15, 0.2) is 0 Å². The average Bonchev–Trinajstić information content (AvgIpc) is 2.14. The fraction of sp³-hybridized carbons (Fsp3) is 0.300. The van der Waals surface area contributed by atoms with Crippen LogP contribution in [0.3, 0.4) is 0 Å². The number of amides is 1. The van der Waals surface area contributed by atoms with Gasteiger partial charge >= 0.3 is 5.97 Å². The number of halogens is 1. The Hall–Kier alpha value is -1.62. The van der Waals surface area contributed by atoms with Crippen LogP contribution in [0.4, 0.5) is 0 Å². The lowest BCUT2D eigenvalue weighted by atomic mass is 10.00. The van der Waals surface area contributed by atoms with Gasteiger partial charge in [0.25, 0.3) is 5.91 Å². The van der Waals surface area contributed by atoms with E-state index in [1.165, 1.54) is 4.90 Å². The summed E-state index contributed by atoms with van der Waals surface area (Å²) in [6.07, 6.45) is 0. The molecule has 5 nitrogen and oxygen atoms in total. The maximum atomic E-state index is 11.8. The van der Waals surface area contributed by atoms with Crippen molar-refractivity contribution < 1.29 is 14.7 Å². The third-order valence-corrected chi connectivity index (χ3v) is 2.66. The van der Waals surface area contributed by atoms with E-state index in [0.29, 0.717) is 0 Å². The maximum absolute atomic E-state index is 11.8. The van der Waals surface area contributed by atoms with E-state index in [4.69, 9.17) is 16.7 Å². The molecule has 0 unspecified atom stereocenters. The summed E-state index contributed by atoms with van der Waals surface area (Å²) in [4.78, 5) is 27.6. The zero-order chi connectivity index (χ0) is 11.7. The van der Waals surface area contributed by atoms with Crippen molar-refractivity contribution in [2.75, 3.05) is 13.1 Å². The Morgan fingerprint density at radius 1 is 1.44 bits per heavy atom. The Balaban J connectivity index is 2.03. The molecule has 0 spiro atoms. The highest BCUT2D eigenvalue weighted by atomic mass is 35.5. The smallest absolute Gasteiger partial charge is 0.310 e. The highest BCUT2D eigenvalue weighted by Crippen LogP contribution is 2.18. The molecular formula is C10H9ClN2O3. The molecule has 1 aliphatic heterocycles. The molecule has 1 amide bonds. The van der Waals surface area contributed by atoms with Crippen molar-refractivity contribution in [3.05, 3.63) is 29.0 Å². The number of hydrogen-bond donors (Lipinski definition) is 1. The number of pyridine rings is 1. The van der Waals surface area contributed by atoms with Gasteiger partial charge in [-0.25, -0.2) is 4.98 Å². The first kappa shape index (κ1) is 10.9. The third kappa shape index (κ3) is 1.99. The number of carboxylic acid groups (broad SMARTS) is 1. The predicted octanol–water partition coefficient (Wildman–Crippen LogP) is 0.892. The lowest BCUT2D eigenvalue weighted by Crippen LogP contribution is -2.53. The Bertz CT molecular complexity index is 443. The minimum Gasteiger partial charge on any atom is -0.481 e. The summed E-state index contributed by atoms with van der Waals surface area (Å²) in [5, 5.41) is 8.92. The first-order chi connectivity index (χ1) is 7.58. The zero-order valence-corrected chi connectivity index (χ0v) is 9.02. The molecule has 0 atom stereocenters. The van der Waals surface area contributed by atoms with Crippen molar-refractivity contribution in [2.24, 2.45) is 5.92 Å². The number of aliphatic carboxylic acids is 1. The number of hydrogen-bond acceptors (Lipinski definition) is 3. The van der Waals surface area contributed by atoms with Crippen LogP contribution in [-0.4, -0.2) is 40.0 Å². The molecule has 0 aromatic carbocycles. The number of carbonyl (C=O) groups is 2. The summed E-state index contributed by atoms with van der Waals surface area (Å²) in [6.45, 7) is 0.477. The lowest BCUT2D eigenvalue weighted by molar-refractivity contribution is -0.146. The van der Waals surface area contributed by atoms with Crippen molar-refractivity contribution in [2.45, 2.75) is 0 Å². The monoisotopic (exact) mass is 240 g/mol. The molecule has 2 rings (SSSR count). The largest absolute Gasteiger partial charge is 0.481 e. The van der Waals surface area contributed by atoms with Crippen molar-refractivity contribution in [1.29, 1.82) is 0 Å². The third-order valence-electron chi connectivity index (χ3n) is 2.45. The van der Waals surface area contributed by atoms with E-state index in [-0.39, 0.29) is 29.8 Å². The Kier molecular flexibility index (Phi) is 2.78. The minimum atomic E-state index is -0.872. The summed E-state index contributed by atoms with van der Waals surface area (Å²) in [6, 6.07) is 4.77. The Morgan fingerprint density at radius 2 is 2.12 bits per heavy atom. The van der Waals surface area contributed by atoms with Crippen LogP contribution in [0.25, 0.3) is 0 Å². The quantitative estimate of drug-likeness (QED) is 0.780. The van der Waals surface area contributed by atoms with Gasteiger partial charge in [0.1, 0.15) is 10.8 Å². The van der Waals surface area contributed by atoms with E-state index in [1.54, 1.807) is 18.2 Å². The molecule has 0 radical (unpaired) electrons. The van der Waals surface area contributed by atoms with Gasteiger partial charge in [-0.05, 0) is 12.1 Å². The second kappa shape index (κ2) is 4.09.